The minimum Gasteiger partial charge on any atom is -0.468 e. The lowest BCUT2D eigenvalue weighted by atomic mass is 9.93. The molecule has 0 unspecified atom stereocenters. The second-order valence-corrected chi connectivity index (χ2v) is 10.5. The van der Waals surface area contributed by atoms with Gasteiger partial charge in [0.15, 0.2) is 11.3 Å². The number of anilines is 1. The number of hydrogen-bond acceptors (Lipinski definition) is 6. The molecule has 1 atom stereocenters. The van der Waals surface area contributed by atoms with Crippen LogP contribution in [0.4, 0.5) is 10.5 Å². The molecule has 0 radical (unpaired) electrons. The number of halogens is 1. The highest BCUT2D eigenvalue weighted by Crippen LogP contribution is 2.49. The fourth-order valence-corrected chi connectivity index (χ4v) is 5.46. The molecule has 0 spiro atoms. The summed E-state index contributed by atoms with van der Waals surface area (Å²) in [5.74, 6) is 0.313. The topological polar surface area (TPSA) is 90.7 Å². The Morgan fingerprint density at radius 2 is 1.61 bits per heavy atom. The Bertz CT molecular complexity index is 1740. The molecule has 206 valence electrons. The number of carbonyl (C=O) groups excluding carboxylic acids is 2. The number of nitrogens with one attached hydrogen (secondary N) is 1. The number of furan rings is 1. The van der Waals surface area contributed by atoms with Gasteiger partial charge in [0.25, 0.3) is 0 Å². The number of pyridine rings is 1. The van der Waals surface area contributed by atoms with Crippen molar-refractivity contribution in [2.45, 2.75) is 31.3 Å². The Kier molecular flexibility index (Phi) is 6.97. The summed E-state index contributed by atoms with van der Waals surface area (Å²) in [4.78, 5) is 29.4. The number of fused-ring (bicyclic) bond motifs is 1. The van der Waals surface area contributed by atoms with E-state index in [2.05, 4.69) is 10.3 Å². The zero-order valence-electron chi connectivity index (χ0n) is 22.5. The molecule has 0 aliphatic heterocycles. The Balaban J connectivity index is 1.25. The van der Waals surface area contributed by atoms with Crippen LogP contribution < -0.4 is 5.32 Å². The van der Waals surface area contributed by atoms with Crippen LogP contribution in [0.3, 0.4) is 0 Å². The number of benzene rings is 3. The van der Waals surface area contributed by atoms with Gasteiger partial charge in [0.2, 0.25) is 0 Å². The van der Waals surface area contributed by atoms with Gasteiger partial charge in [0, 0.05) is 27.7 Å². The standard InChI is InChI=1S/C33H27ClN2O5/c1-20(25-5-3-4-6-27(25)34)40-32(38)36-29-26-15-18-35-19-28(26)41-30(29)23-9-7-21(8-10-23)22-11-13-24(14-12-22)33(16-17-33)31(37)39-2/h3-15,18-20H,16-17H2,1-2H3,(H,36,38)/t20-/m1/s1. The van der Waals surface area contributed by atoms with Crippen LogP contribution in [0.15, 0.2) is 95.7 Å². The number of rotatable bonds is 7. The van der Waals surface area contributed by atoms with Crippen molar-refractivity contribution >= 4 is 40.3 Å². The van der Waals surface area contributed by atoms with Gasteiger partial charge in [-0.2, -0.15) is 0 Å². The van der Waals surface area contributed by atoms with Crippen molar-refractivity contribution in [2.24, 2.45) is 0 Å². The molecule has 7 nitrogen and oxygen atoms in total. The van der Waals surface area contributed by atoms with Crippen molar-refractivity contribution in [3.05, 3.63) is 107 Å². The number of aromatic nitrogens is 1. The van der Waals surface area contributed by atoms with E-state index in [1.165, 1.54) is 7.11 Å². The number of nitrogens with zero attached hydrogens (tertiary/aromatic N) is 1. The number of hydrogen-bond donors (Lipinski definition) is 1. The average molecular weight is 567 g/mol. The van der Waals surface area contributed by atoms with Gasteiger partial charge in [-0.3, -0.25) is 15.1 Å². The van der Waals surface area contributed by atoms with E-state index < -0.39 is 17.6 Å². The molecule has 0 bridgehead atoms. The Morgan fingerprint density at radius 1 is 0.951 bits per heavy atom. The highest BCUT2D eigenvalue weighted by atomic mass is 35.5. The molecule has 1 fully saturated rings. The van der Waals surface area contributed by atoms with E-state index in [0.717, 1.165) is 35.1 Å². The molecule has 6 rings (SSSR count). The largest absolute Gasteiger partial charge is 0.468 e. The second kappa shape index (κ2) is 10.7. The lowest BCUT2D eigenvalue weighted by Crippen LogP contribution is -2.21. The molecule has 1 amide bonds. The summed E-state index contributed by atoms with van der Waals surface area (Å²) in [6.45, 7) is 1.77. The van der Waals surface area contributed by atoms with Crippen LogP contribution in [-0.2, 0) is 19.7 Å². The molecular formula is C33H27ClN2O5. The van der Waals surface area contributed by atoms with Gasteiger partial charge in [-0.15, -0.1) is 0 Å². The van der Waals surface area contributed by atoms with Crippen LogP contribution in [0, 0.1) is 0 Å². The third-order valence-electron chi connectivity index (χ3n) is 7.59. The second-order valence-electron chi connectivity index (χ2n) is 10.1. The quantitative estimate of drug-likeness (QED) is 0.199. The summed E-state index contributed by atoms with van der Waals surface area (Å²) in [6, 6.07) is 24.9. The number of carbonyl (C=O) groups is 2. The third-order valence-corrected chi connectivity index (χ3v) is 7.94. The lowest BCUT2D eigenvalue weighted by Gasteiger charge is -2.15. The van der Waals surface area contributed by atoms with Crippen LogP contribution in [0.25, 0.3) is 33.4 Å². The normalized spacial score (nSPS) is 14.3. The number of ether oxygens (including phenoxy) is 2. The van der Waals surface area contributed by atoms with Crippen LogP contribution in [0.5, 0.6) is 0 Å². The van der Waals surface area contributed by atoms with Gasteiger partial charge in [-0.1, -0.05) is 78.3 Å². The predicted molar refractivity (Wildman–Crippen MR) is 158 cm³/mol. The summed E-state index contributed by atoms with van der Waals surface area (Å²) < 4.78 is 16.8. The van der Waals surface area contributed by atoms with Crippen LogP contribution in [0.2, 0.25) is 5.02 Å². The van der Waals surface area contributed by atoms with Gasteiger partial charge >= 0.3 is 12.1 Å². The summed E-state index contributed by atoms with van der Waals surface area (Å²) in [6.07, 6.45) is 3.69. The lowest BCUT2D eigenvalue weighted by molar-refractivity contribution is -0.143. The van der Waals surface area contributed by atoms with Crippen LogP contribution in [0.1, 0.15) is 37.0 Å². The first kappa shape index (κ1) is 26.6. The first-order valence-corrected chi connectivity index (χ1v) is 13.7. The fourth-order valence-electron chi connectivity index (χ4n) is 5.17. The molecule has 2 heterocycles. The van der Waals surface area contributed by atoms with E-state index in [-0.39, 0.29) is 5.97 Å². The smallest absolute Gasteiger partial charge is 0.412 e. The highest BCUT2D eigenvalue weighted by molar-refractivity contribution is 6.31. The third kappa shape index (κ3) is 5.05. The first-order valence-electron chi connectivity index (χ1n) is 13.3. The number of methoxy groups -OCH3 is 1. The summed E-state index contributed by atoms with van der Waals surface area (Å²) in [5.41, 5.74) is 5.03. The zero-order valence-corrected chi connectivity index (χ0v) is 23.3. The van der Waals surface area contributed by atoms with Crippen LogP contribution >= 0.6 is 11.6 Å². The zero-order chi connectivity index (χ0) is 28.6. The van der Waals surface area contributed by atoms with E-state index in [1.807, 2.05) is 66.7 Å². The maximum Gasteiger partial charge on any atom is 0.412 e. The summed E-state index contributed by atoms with van der Waals surface area (Å²) in [5, 5.41) is 4.11. The van der Waals surface area contributed by atoms with E-state index in [0.29, 0.717) is 33.0 Å². The van der Waals surface area contributed by atoms with E-state index in [1.54, 1.807) is 31.5 Å². The van der Waals surface area contributed by atoms with Gasteiger partial charge in [-0.25, -0.2) is 4.79 Å². The maximum atomic E-state index is 13.0. The monoisotopic (exact) mass is 566 g/mol. The van der Waals surface area contributed by atoms with Crippen molar-refractivity contribution in [3.8, 4) is 22.5 Å². The van der Waals surface area contributed by atoms with Gasteiger partial charge in [0.1, 0.15) is 6.10 Å². The van der Waals surface area contributed by atoms with Crippen molar-refractivity contribution in [2.75, 3.05) is 12.4 Å². The van der Waals surface area contributed by atoms with Crippen molar-refractivity contribution in [3.63, 3.8) is 0 Å². The fraction of sp³-hybridized carbons (Fsp3) is 0.182. The van der Waals surface area contributed by atoms with Crippen molar-refractivity contribution in [1.82, 2.24) is 4.98 Å². The molecule has 3 aromatic carbocycles. The molecule has 5 aromatic rings. The highest BCUT2D eigenvalue weighted by Gasteiger charge is 2.52. The van der Waals surface area contributed by atoms with Gasteiger partial charge < -0.3 is 13.9 Å². The Hall–Kier alpha value is -4.62. The molecule has 2 aromatic heterocycles. The van der Waals surface area contributed by atoms with Gasteiger partial charge in [0.05, 0.1) is 24.4 Å². The molecule has 1 aliphatic rings. The van der Waals surface area contributed by atoms with E-state index in [9.17, 15) is 9.59 Å². The molecular weight excluding hydrogens is 540 g/mol. The van der Waals surface area contributed by atoms with Crippen molar-refractivity contribution < 1.29 is 23.5 Å². The molecule has 0 saturated heterocycles. The number of amides is 1. The van der Waals surface area contributed by atoms with Gasteiger partial charge in [-0.05, 0) is 48.6 Å². The molecule has 1 aliphatic carbocycles. The maximum absolute atomic E-state index is 13.0. The minimum atomic E-state index is -0.629. The summed E-state index contributed by atoms with van der Waals surface area (Å²) in [7, 11) is 1.43. The van der Waals surface area contributed by atoms with Crippen molar-refractivity contribution in [1.29, 1.82) is 0 Å². The Labute approximate surface area is 242 Å². The van der Waals surface area contributed by atoms with E-state index in [4.69, 9.17) is 25.5 Å². The molecule has 8 heteroatoms. The van der Waals surface area contributed by atoms with Crippen LogP contribution in [-0.4, -0.2) is 24.2 Å². The predicted octanol–water partition coefficient (Wildman–Crippen LogP) is 8.33. The minimum absolute atomic E-state index is 0.178. The SMILES string of the molecule is COC(=O)C1(c2ccc(-c3ccc(-c4oc5cnccc5c4NC(=O)O[C@H](C)c4ccccc4Cl)cc3)cc2)CC1. The summed E-state index contributed by atoms with van der Waals surface area (Å²) >= 11 is 6.28. The van der Waals surface area contributed by atoms with E-state index >= 15 is 0 Å². The molecule has 1 saturated carbocycles. The number of esters is 1. The molecule has 1 N–H and O–H groups in total. The first-order chi connectivity index (χ1) is 19.9. The average Bonchev–Trinajstić information content (AvgIpc) is 3.74. The Morgan fingerprint density at radius 3 is 2.27 bits per heavy atom. The molecule has 41 heavy (non-hydrogen) atoms.